The molecule has 2 heterocycles. The minimum absolute atomic E-state index is 0.719. The van der Waals surface area contributed by atoms with Crippen molar-refractivity contribution in [3.05, 3.63) is 5.51 Å². The minimum atomic E-state index is 0.719. The zero-order valence-electron chi connectivity index (χ0n) is 8.52. The van der Waals surface area contributed by atoms with Gasteiger partial charge < -0.3 is 10.1 Å². The summed E-state index contributed by atoms with van der Waals surface area (Å²) in [6.45, 7) is 3.97. The van der Waals surface area contributed by atoms with Crippen LogP contribution in [0.2, 0.25) is 0 Å². The van der Waals surface area contributed by atoms with Gasteiger partial charge in [0.2, 0.25) is 0 Å². The fraction of sp³-hybridized carbons (Fsp3) is 0.778. The highest BCUT2D eigenvalue weighted by atomic mass is 32.2. The maximum absolute atomic E-state index is 5.31. The molecule has 1 N–H and O–H groups in total. The van der Waals surface area contributed by atoms with Gasteiger partial charge in [0.05, 0.1) is 6.61 Å². The summed E-state index contributed by atoms with van der Waals surface area (Å²) in [4.78, 5) is 0. The van der Waals surface area contributed by atoms with Gasteiger partial charge in [-0.1, -0.05) is 23.1 Å². The Morgan fingerprint density at radius 3 is 3.40 bits per heavy atom. The molecule has 0 spiro atoms. The number of nitrogens with zero attached hydrogens (tertiary/aromatic N) is 2. The predicted octanol–water partition coefficient (Wildman–Crippen LogP) is 1.26. The number of rotatable bonds is 6. The summed E-state index contributed by atoms with van der Waals surface area (Å²) in [5.74, 6) is 1.78. The van der Waals surface area contributed by atoms with Crippen molar-refractivity contribution in [3.63, 3.8) is 0 Å². The largest absolute Gasteiger partial charge is 0.381 e. The second kappa shape index (κ2) is 6.42. The normalized spacial score (nSPS) is 20.9. The van der Waals surface area contributed by atoms with Crippen molar-refractivity contribution < 1.29 is 4.74 Å². The summed E-state index contributed by atoms with van der Waals surface area (Å²) in [6.07, 6.45) is 1.20. The fourth-order valence-electron chi connectivity index (χ4n) is 1.49. The Kier molecular flexibility index (Phi) is 4.85. The summed E-state index contributed by atoms with van der Waals surface area (Å²) in [6, 6.07) is 0. The van der Waals surface area contributed by atoms with Crippen molar-refractivity contribution in [3.8, 4) is 0 Å². The van der Waals surface area contributed by atoms with E-state index in [-0.39, 0.29) is 0 Å². The van der Waals surface area contributed by atoms with Gasteiger partial charge >= 0.3 is 0 Å². The summed E-state index contributed by atoms with van der Waals surface area (Å²) >= 11 is 3.36. The number of hydrogen-bond donors (Lipinski definition) is 1. The van der Waals surface area contributed by atoms with E-state index in [0.29, 0.717) is 0 Å². The Bertz CT molecular complexity index is 262. The van der Waals surface area contributed by atoms with E-state index >= 15 is 0 Å². The van der Waals surface area contributed by atoms with Gasteiger partial charge in [-0.25, -0.2) is 0 Å². The number of ether oxygens (including phenoxy) is 1. The topological polar surface area (TPSA) is 47.0 Å². The van der Waals surface area contributed by atoms with Crippen molar-refractivity contribution >= 4 is 23.1 Å². The van der Waals surface area contributed by atoms with Crippen molar-refractivity contribution in [1.82, 2.24) is 15.5 Å². The van der Waals surface area contributed by atoms with Crippen LogP contribution in [-0.2, 0) is 4.74 Å². The molecule has 1 aromatic heterocycles. The standard InChI is InChI=1S/C9H15N3OS2/c1-3-13-6-8(1)5-10-2-4-14-9-12-11-7-15-9/h7-8,10H,1-6H2. The van der Waals surface area contributed by atoms with Gasteiger partial charge in [0.1, 0.15) is 5.51 Å². The molecule has 1 saturated heterocycles. The van der Waals surface area contributed by atoms with E-state index in [4.69, 9.17) is 4.74 Å². The van der Waals surface area contributed by atoms with Gasteiger partial charge in [0, 0.05) is 25.4 Å². The highest BCUT2D eigenvalue weighted by Crippen LogP contribution is 2.17. The molecule has 0 amide bonds. The molecule has 1 aliphatic rings. The van der Waals surface area contributed by atoms with Gasteiger partial charge in [-0.2, -0.15) is 0 Å². The molecule has 15 heavy (non-hydrogen) atoms. The second-order valence-corrected chi connectivity index (χ2v) is 5.66. The molecule has 4 nitrogen and oxygen atoms in total. The molecule has 1 fully saturated rings. The maximum atomic E-state index is 5.31. The third kappa shape index (κ3) is 4.06. The number of aromatic nitrogens is 2. The zero-order valence-corrected chi connectivity index (χ0v) is 10.1. The lowest BCUT2D eigenvalue weighted by Gasteiger charge is -2.08. The van der Waals surface area contributed by atoms with Crippen LogP contribution in [0.3, 0.4) is 0 Å². The molecule has 1 aromatic rings. The van der Waals surface area contributed by atoms with Crippen LogP contribution in [0.4, 0.5) is 0 Å². The monoisotopic (exact) mass is 245 g/mol. The lowest BCUT2D eigenvalue weighted by molar-refractivity contribution is 0.185. The van der Waals surface area contributed by atoms with Gasteiger partial charge in [0.15, 0.2) is 4.34 Å². The van der Waals surface area contributed by atoms with E-state index in [1.165, 1.54) is 6.42 Å². The molecule has 6 heteroatoms. The Morgan fingerprint density at radius 2 is 2.67 bits per heavy atom. The van der Waals surface area contributed by atoms with E-state index in [1.54, 1.807) is 28.6 Å². The molecule has 1 aliphatic heterocycles. The van der Waals surface area contributed by atoms with E-state index < -0.39 is 0 Å². The molecule has 0 bridgehead atoms. The van der Waals surface area contributed by atoms with Crippen LogP contribution in [-0.4, -0.2) is 42.3 Å². The first-order chi connectivity index (χ1) is 7.45. The summed E-state index contributed by atoms with van der Waals surface area (Å²) in [5, 5.41) is 11.2. The van der Waals surface area contributed by atoms with Gasteiger partial charge in [0.25, 0.3) is 0 Å². The van der Waals surface area contributed by atoms with Crippen LogP contribution in [0, 0.1) is 5.92 Å². The average Bonchev–Trinajstić information content (AvgIpc) is 2.88. The summed E-state index contributed by atoms with van der Waals surface area (Å²) < 4.78 is 6.37. The van der Waals surface area contributed by atoms with Crippen LogP contribution in [0.5, 0.6) is 0 Å². The lowest BCUT2D eigenvalue weighted by atomic mass is 10.1. The highest BCUT2D eigenvalue weighted by Gasteiger charge is 2.14. The smallest absolute Gasteiger partial charge is 0.174 e. The highest BCUT2D eigenvalue weighted by molar-refractivity contribution is 8.01. The molecule has 0 aromatic carbocycles. The van der Waals surface area contributed by atoms with Gasteiger partial charge in [-0.15, -0.1) is 10.2 Å². The number of thioether (sulfide) groups is 1. The Morgan fingerprint density at radius 1 is 1.67 bits per heavy atom. The Balaban J connectivity index is 1.48. The molecule has 1 atom stereocenters. The molecule has 1 unspecified atom stereocenters. The number of nitrogens with one attached hydrogen (secondary N) is 1. The lowest BCUT2D eigenvalue weighted by Crippen LogP contribution is -2.25. The molecular weight excluding hydrogens is 230 g/mol. The number of hydrogen-bond acceptors (Lipinski definition) is 6. The summed E-state index contributed by atoms with van der Waals surface area (Å²) in [7, 11) is 0. The SMILES string of the molecule is c1nnc(SCCNCC2CCOC2)s1. The maximum Gasteiger partial charge on any atom is 0.174 e. The van der Waals surface area contributed by atoms with Crippen LogP contribution in [0.15, 0.2) is 9.85 Å². The quantitative estimate of drug-likeness (QED) is 0.604. The van der Waals surface area contributed by atoms with Crippen LogP contribution < -0.4 is 5.32 Å². The van der Waals surface area contributed by atoms with E-state index in [2.05, 4.69) is 15.5 Å². The third-order valence-corrected chi connectivity index (χ3v) is 4.16. The van der Waals surface area contributed by atoms with Crippen LogP contribution in [0.25, 0.3) is 0 Å². The third-order valence-electron chi connectivity index (χ3n) is 2.30. The molecule has 0 aliphatic carbocycles. The van der Waals surface area contributed by atoms with Crippen molar-refractivity contribution in [2.45, 2.75) is 10.8 Å². The van der Waals surface area contributed by atoms with Crippen molar-refractivity contribution in [1.29, 1.82) is 0 Å². The van der Waals surface area contributed by atoms with Crippen LogP contribution in [0.1, 0.15) is 6.42 Å². The van der Waals surface area contributed by atoms with E-state index in [0.717, 1.165) is 42.3 Å². The first kappa shape index (κ1) is 11.3. The first-order valence-corrected chi connectivity index (χ1v) is 6.99. The van der Waals surface area contributed by atoms with Crippen molar-refractivity contribution in [2.75, 3.05) is 32.1 Å². The Labute approximate surface area is 97.8 Å². The minimum Gasteiger partial charge on any atom is -0.381 e. The molecule has 0 radical (unpaired) electrons. The molecule has 0 saturated carbocycles. The molecular formula is C9H15N3OS2. The average molecular weight is 245 g/mol. The molecule has 2 rings (SSSR count). The fourth-order valence-corrected chi connectivity index (χ4v) is 2.94. The van der Waals surface area contributed by atoms with Crippen molar-refractivity contribution in [2.24, 2.45) is 5.92 Å². The zero-order chi connectivity index (χ0) is 10.3. The second-order valence-electron chi connectivity index (χ2n) is 3.49. The van der Waals surface area contributed by atoms with Gasteiger partial charge in [-0.3, -0.25) is 0 Å². The Hall–Kier alpha value is -0.170. The van der Waals surface area contributed by atoms with E-state index in [1.807, 2.05) is 0 Å². The van der Waals surface area contributed by atoms with E-state index in [9.17, 15) is 0 Å². The first-order valence-electron chi connectivity index (χ1n) is 5.12. The van der Waals surface area contributed by atoms with Gasteiger partial charge in [-0.05, 0) is 12.3 Å². The summed E-state index contributed by atoms with van der Waals surface area (Å²) in [5.41, 5.74) is 1.77. The molecule has 84 valence electrons. The van der Waals surface area contributed by atoms with Crippen LogP contribution >= 0.6 is 23.1 Å². The predicted molar refractivity (Wildman–Crippen MR) is 62.4 cm³/mol.